The van der Waals surface area contributed by atoms with E-state index in [9.17, 15) is 18.4 Å². The zero-order valence-electron chi connectivity index (χ0n) is 12.8. The highest BCUT2D eigenvalue weighted by Gasteiger charge is 2.19. The summed E-state index contributed by atoms with van der Waals surface area (Å²) in [6.45, 7) is 1.38. The molecule has 0 aliphatic heterocycles. The van der Waals surface area contributed by atoms with E-state index in [4.69, 9.17) is 4.74 Å². The number of thioether (sulfide) groups is 1. The van der Waals surface area contributed by atoms with Crippen LogP contribution in [0.5, 0.6) is 0 Å². The summed E-state index contributed by atoms with van der Waals surface area (Å²) in [5.41, 5.74) is 0.00568. The van der Waals surface area contributed by atoms with Gasteiger partial charge in [0.25, 0.3) is 5.91 Å². The Morgan fingerprint density at radius 1 is 1.08 bits per heavy atom. The molecule has 24 heavy (non-hydrogen) atoms. The summed E-state index contributed by atoms with van der Waals surface area (Å²) in [7, 11) is 0. The molecule has 0 bridgehead atoms. The smallest absolute Gasteiger partial charge is 0.317 e. The van der Waals surface area contributed by atoms with Crippen LogP contribution in [0.15, 0.2) is 53.4 Å². The molecule has 0 aliphatic carbocycles. The topological polar surface area (TPSA) is 55.4 Å². The van der Waals surface area contributed by atoms with Crippen LogP contribution < -0.4 is 5.32 Å². The van der Waals surface area contributed by atoms with Crippen LogP contribution >= 0.6 is 11.8 Å². The van der Waals surface area contributed by atoms with Gasteiger partial charge in [-0.3, -0.25) is 9.59 Å². The number of hydrogen-bond acceptors (Lipinski definition) is 4. The zero-order chi connectivity index (χ0) is 17.5. The number of para-hydroxylation sites is 1. The number of rotatable bonds is 6. The van der Waals surface area contributed by atoms with E-state index >= 15 is 0 Å². The van der Waals surface area contributed by atoms with E-state index in [0.29, 0.717) is 4.90 Å². The molecule has 7 heteroatoms. The van der Waals surface area contributed by atoms with Crippen LogP contribution in [0.25, 0.3) is 0 Å². The van der Waals surface area contributed by atoms with Crippen molar-refractivity contribution in [3.63, 3.8) is 0 Å². The SMILES string of the molecule is C[C@H](OC(=O)CSc1ccccc1F)C(=O)Nc1ccccc1F. The number of nitrogens with one attached hydrogen (secondary N) is 1. The van der Waals surface area contributed by atoms with Gasteiger partial charge in [-0.15, -0.1) is 11.8 Å². The Labute approximate surface area is 142 Å². The second-order valence-corrected chi connectivity index (χ2v) is 5.84. The lowest BCUT2D eigenvalue weighted by atomic mass is 10.3. The number of benzene rings is 2. The van der Waals surface area contributed by atoms with Crippen molar-refractivity contribution >= 4 is 29.3 Å². The van der Waals surface area contributed by atoms with Crippen molar-refractivity contribution in [2.75, 3.05) is 11.1 Å². The average molecular weight is 351 g/mol. The Balaban J connectivity index is 1.84. The van der Waals surface area contributed by atoms with Crippen LogP contribution in [-0.4, -0.2) is 23.7 Å². The van der Waals surface area contributed by atoms with Crippen molar-refractivity contribution in [3.8, 4) is 0 Å². The number of esters is 1. The standard InChI is InChI=1S/C17H15F2NO3S/c1-11(17(22)20-14-8-4-2-6-12(14)18)23-16(21)10-24-15-9-5-3-7-13(15)19/h2-9,11H,10H2,1H3,(H,20,22)/t11-/m0/s1. The molecule has 0 heterocycles. The Hall–Kier alpha value is -2.41. The van der Waals surface area contributed by atoms with E-state index in [1.165, 1.54) is 31.2 Å². The van der Waals surface area contributed by atoms with Gasteiger partial charge >= 0.3 is 5.97 Å². The largest absolute Gasteiger partial charge is 0.452 e. The van der Waals surface area contributed by atoms with Crippen LogP contribution in [-0.2, 0) is 14.3 Å². The number of anilines is 1. The normalized spacial score (nSPS) is 11.6. The van der Waals surface area contributed by atoms with E-state index in [-0.39, 0.29) is 11.4 Å². The van der Waals surface area contributed by atoms with Crippen molar-refractivity contribution < 1.29 is 23.1 Å². The van der Waals surface area contributed by atoms with Gasteiger partial charge in [-0.1, -0.05) is 24.3 Å². The maximum absolute atomic E-state index is 13.5. The molecular weight excluding hydrogens is 336 g/mol. The van der Waals surface area contributed by atoms with Crippen LogP contribution in [0.2, 0.25) is 0 Å². The van der Waals surface area contributed by atoms with E-state index in [1.807, 2.05) is 0 Å². The van der Waals surface area contributed by atoms with Crippen LogP contribution in [0.4, 0.5) is 14.5 Å². The van der Waals surface area contributed by atoms with Gasteiger partial charge in [0.15, 0.2) is 6.10 Å². The first-order valence-corrected chi connectivity index (χ1v) is 8.08. The van der Waals surface area contributed by atoms with Crippen molar-refractivity contribution in [3.05, 3.63) is 60.2 Å². The van der Waals surface area contributed by atoms with Crippen molar-refractivity contribution in [1.29, 1.82) is 0 Å². The van der Waals surface area contributed by atoms with E-state index < -0.39 is 29.6 Å². The summed E-state index contributed by atoms with van der Waals surface area (Å²) in [6, 6.07) is 11.7. The number of hydrogen-bond donors (Lipinski definition) is 1. The van der Waals surface area contributed by atoms with Gasteiger partial charge in [-0.2, -0.15) is 0 Å². The second kappa shape index (κ2) is 8.44. The monoisotopic (exact) mass is 351 g/mol. The second-order valence-electron chi connectivity index (χ2n) is 4.82. The summed E-state index contributed by atoms with van der Waals surface area (Å²) in [6.07, 6.45) is -1.10. The lowest BCUT2D eigenvalue weighted by Crippen LogP contribution is -2.30. The average Bonchev–Trinajstić information content (AvgIpc) is 2.56. The van der Waals surface area contributed by atoms with Crippen molar-refractivity contribution in [2.24, 2.45) is 0 Å². The molecule has 0 saturated heterocycles. The third kappa shape index (κ3) is 5.06. The highest BCUT2D eigenvalue weighted by atomic mass is 32.2. The highest BCUT2D eigenvalue weighted by Crippen LogP contribution is 2.21. The molecule has 0 aromatic heterocycles. The van der Waals surface area contributed by atoms with Crippen LogP contribution in [0.1, 0.15) is 6.92 Å². The first-order valence-electron chi connectivity index (χ1n) is 7.09. The summed E-state index contributed by atoms with van der Waals surface area (Å²) in [5, 5.41) is 2.34. The summed E-state index contributed by atoms with van der Waals surface area (Å²) in [5.74, 6) is -2.47. The molecule has 2 aromatic rings. The first kappa shape index (κ1) is 17.9. The van der Waals surface area contributed by atoms with E-state index in [2.05, 4.69) is 5.32 Å². The van der Waals surface area contributed by atoms with Gasteiger partial charge in [0.2, 0.25) is 0 Å². The van der Waals surface area contributed by atoms with Crippen LogP contribution in [0.3, 0.4) is 0 Å². The van der Waals surface area contributed by atoms with Gasteiger partial charge < -0.3 is 10.1 Å². The maximum atomic E-state index is 13.5. The first-order chi connectivity index (χ1) is 11.5. The van der Waals surface area contributed by atoms with Crippen LogP contribution in [0, 0.1) is 11.6 Å². The number of ether oxygens (including phenoxy) is 1. The third-order valence-corrected chi connectivity index (χ3v) is 4.01. The minimum Gasteiger partial charge on any atom is -0.452 e. The summed E-state index contributed by atoms with van der Waals surface area (Å²) in [4.78, 5) is 24.0. The molecule has 1 atom stereocenters. The fourth-order valence-corrected chi connectivity index (χ4v) is 2.50. The van der Waals surface area contributed by atoms with Crippen molar-refractivity contribution in [2.45, 2.75) is 17.9 Å². The predicted octanol–water partition coefficient (Wildman–Crippen LogP) is 3.63. The molecule has 0 saturated carbocycles. The highest BCUT2D eigenvalue weighted by molar-refractivity contribution is 8.00. The molecule has 0 spiro atoms. The molecule has 1 amide bonds. The summed E-state index contributed by atoms with van der Waals surface area (Å²) >= 11 is 0.974. The van der Waals surface area contributed by atoms with E-state index in [1.54, 1.807) is 24.3 Å². The Bertz CT molecular complexity index is 739. The third-order valence-electron chi connectivity index (χ3n) is 2.99. The fourth-order valence-electron chi connectivity index (χ4n) is 1.78. The molecule has 126 valence electrons. The predicted molar refractivity (Wildman–Crippen MR) is 87.7 cm³/mol. The zero-order valence-corrected chi connectivity index (χ0v) is 13.6. The Morgan fingerprint density at radius 3 is 2.38 bits per heavy atom. The molecule has 4 nitrogen and oxygen atoms in total. The number of amides is 1. The van der Waals surface area contributed by atoms with Gasteiger partial charge in [0.05, 0.1) is 11.4 Å². The molecule has 0 fully saturated rings. The van der Waals surface area contributed by atoms with Gasteiger partial charge in [-0.05, 0) is 31.2 Å². The van der Waals surface area contributed by atoms with Crippen molar-refractivity contribution in [1.82, 2.24) is 0 Å². The molecule has 0 unspecified atom stereocenters. The minimum atomic E-state index is -1.10. The molecule has 0 radical (unpaired) electrons. The lowest BCUT2D eigenvalue weighted by Gasteiger charge is -2.13. The molecule has 2 aromatic carbocycles. The molecular formula is C17H15F2NO3S. The maximum Gasteiger partial charge on any atom is 0.317 e. The fraction of sp³-hybridized carbons (Fsp3) is 0.176. The number of halogens is 2. The van der Waals surface area contributed by atoms with Gasteiger partial charge in [0, 0.05) is 4.90 Å². The quantitative estimate of drug-likeness (QED) is 0.638. The molecule has 0 aliphatic rings. The Morgan fingerprint density at radius 2 is 1.71 bits per heavy atom. The molecule has 2 rings (SSSR count). The van der Waals surface area contributed by atoms with E-state index in [0.717, 1.165) is 11.8 Å². The summed E-state index contributed by atoms with van der Waals surface area (Å²) < 4.78 is 31.9. The number of carbonyl (C=O) groups is 2. The van der Waals surface area contributed by atoms with Gasteiger partial charge in [0.1, 0.15) is 11.6 Å². The molecule has 1 N–H and O–H groups in total. The minimum absolute atomic E-state index is 0.00568. The Kier molecular flexibility index (Phi) is 6.31. The lowest BCUT2D eigenvalue weighted by molar-refractivity contribution is -0.150. The number of carbonyl (C=O) groups excluding carboxylic acids is 2. The van der Waals surface area contributed by atoms with Gasteiger partial charge in [-0.25, -0.2) is 8.78 Å².